The van der Waals surface area contributed by atoms with Crippen LogP contribution in [0.3, 0.4) is 0 Å². The molecule has 0 aliphatic heterocycles. The fraction of sp³-hybridized carbons (Fsp3) is 0.538. The average molecular weight is 252 g/mol. The first-order chi connectivity index (χ1) is 8.45. The SMILES string of the molecule is CC[C@@H](O)CN[C@@H](C)c1ccc(C)c([N+](=O)[O-])c1. The fourth-order valence-electron chi connectivity index (χ4n) is 1.67. The largest absolute Gasteiger partial charge is 0.392 e. The zero-order chi connectivity index (χ0) is 13.7. The molecule has 2 N–H and O–H groups in total. The number of hydrogen-bond donors (Lipinski definition) is 2. The van der Waals surface area contributed by atoms with Crippen molar-refractivity contribution in [3.63, 3.8) is 0 Å². The van der Waals surface area contributed by atoms with Gasteiger partial charge in [0.15, 0.2) is 0 Å². The van der Waals surface area contributed by atoms with Crippen LogP contribution in [0.25, 0.3) is 0 Å². The second-order valence-electron chi connectivity index (χ2n) is 4.50. The monoisotopic (exact) mass is 252 g/mol. The average Bonchev–Trinajstić information content (AvgIpc) is 2.35. The second-order valence-corrected chi connectivity index (χ2v) is 4.50. The molecule has 5 heteroatoms. The summed E-state index contributed by atoms with van der Waals surface area (Å²) in [4.78, 5) is 10.5. The highest BCUT2D eigenvalue weighted by molar-refractivity contribution is 5.43. The van der Waals surface area contributed by atoms with Crippen LogP contribution in [0.15, 0.2) is 18.2 Å². The maximum absolute atomic E-state index is 10.9. The van der Waals surface area contributed by atoms with Crippen molar-refractivity contribution in [2.24, 2.45) is 0 Å². The topological polar surface area (TPSA) is 75.4 Å². The number of rotatable bonds is 6. The first-order valence-corrected chi connectivity index (χ1v) is 6.12. The molecule has 0 radical (unpaired) electrons. The highest BCUT2D eigenvalue weighted by Gasteiger charge is 2.14. The van der Waals surface area contributed by atoms with E-state index in [4.69, 9.17) is 0 Å². The number of nitrogens with zero attached hydrogens (tertiary/aromatic N) is 1. The van der Waals surface area contributed by atoms with Crippen molar-refractivity contribution in [2.45, 2.75) is 39.3 Å². The molecule has 0 saturated heterocycles. The van der Waals surface area contributed by atoms with E-state index < -0.39 is 0 Å². The van der Waals surface area contributed by atoms with E-state index >= 15 is 0 Å². The van der Waals surface area contributed by atoms with Crippen molar-refractivity contribution in [2.75, 3.05) is 6.54 Å². The van der Waals surface area contributed by atoms with Gasteiger partial charge >= 0.3 is 0 Å². The number of nitro benzene ring substituents is 1. The van der Waals surface area contributed by atoms with Gasteiger partial charge in [0.05, 0.1) is 11.0 Å². The molecular formula is C13H20N2O3. The Morgan fingerprint density at radius 2 is 2.17 bits per heavy atom. The van der Waals surface area contributed by atoms with E-state index in [1.54, 1.807) is 19.1 Å². The van der Waals surface area contributed by atoms with Gasteiger partial charge in [0, 0.05) is 24.2 Å². The van der Waals surface area contributed by atoms with Crippen molar-refractivity contribution in [3.05, 3.63) is 39.4 Å². The van der Waals surface area contributed by atoms with Crippen LogP contribution < -0.4 is 5.32 Å². The van der Waals surface area contributed by atoms with E-state index in [-0.39, 0.29) is 22.8 Å². The number of aliphatic hydroxyl groups is 1. The molecule has 0 heterocycles. The number of aryl methyl sites for hydroxylation is 1. The predicted octanol–water partition coefficient (Wildman–Crippen LogP) is 2.32. The molecule has 0 spiro atoms. The Morgan fingerprint density at radius 3 is 2.72 bits per heavy atom. The third-order valence-corrected chi connectivity index (χ3v) is 3.06. The molecule has 0 bridgehead atoms. The Balaban J connectivity index is 2.77. The smallest absolute Gasteiger partial charge is 0.272 e. The Hall–Kier alpha value is -1.46. The van der Waals surface area contributed by atoms with Gasteiger partial charge in [-0.25, -0.2) is 0 Å². The Labute approximate surface area is 107 Å². The maximum atomic E-state index is 10.9. The van der Waals surface area contributed by atoms with Crippen LogP contribution in [0.5, 0.6) is 0 Å². The fourth-order valence-corrected chi connectivity index (χ4v) is 1.67. The normalized spacial score (nSPS) is 14.2. The number of nitrogens with one attached hydrogen (secondary N) is 1. The maximum Gasteiger partial charge on any atom is 0.272 e. The molecule has 0 fully saturated rings. The molecule has 1 aromatic carbocycles. The lowest BCUT2D eigenvalue weighted by Crippen LogP contribution is -2.28. The number of benzene rings is 1. The van der Waals surface area contributed by atoms with Crippen molar-refractivity contribution < 1.29 is 10.0 Å². The zero-order valence-corrected chi connectivity index (χ0v) is 11.0. The van der Waals surface area contributed by atoms with Gasteiger partial charge in [0.25, 0.3) is 5.69 Å². The van der Waals surface area contributed by atoms with Crippen LogP contribution in [-0.4, -0.2) is 22.7 Å². The van der Waals surface area contributed by atoms with E-state index in [9.17, 15) is 15.2 Å². The van der Waals surface area contributed by atoms with Crippen molar-refractivity contribution in [3.8, 4) is 0 Å². The molecule has 0 unspecified atom stereocenters. The predicted molar refractivity (Wildman–Crippen MR) is 70.5 cm³/mol. The standard InChI is InChI=1S/C13H20N2O3/c1-4-12(16)8-14-10(3)11-6-5-9(2)13(7-11)15(17)18/h5-7,10,12,14,16H,4,8H2,1-3H3/t10-,12+/m0/s1. The van der Waals surface area contributed by atoms with E-state index in [0.717, 1.165) is 5.56 Å². The van der Waals surface area contributed by atoms with Crippen LogP contribution in [-0.2, 0) is 0 Å². The van der Waals surface area contributed by atoms with E-state index in [1.165, 1.54) is 0 Å². The molecule has 0 aliphatic rings. The number of hydrogen-bond acceptors (Lipinski definition) is 4. The van der Waals surface area contributed by atoms with Gasteiger partial charge in [-0.05, 0) is 25.8 Å². The Morgan fingerprint density at radius 1 is 1.50 bits per heavy atom. The third kappa shape index (κ3) is 3.78. The van der Waals surface area contributed by atoms with Gasteiger partial charge in [-0.3, -0.25) is 10.1 Å². The first kappa shape index (κ1) is 14.6. The van der Waals surface area contributed by atoms with Gasteiger partial charge in [-0.1, -0.05) is 19.1 Å². The van der Waals surface area contributed by atoms with Gasteiger partial charge < -0.3 is 10.4 Å². The molecular weight excluding hydrogens is 232 g/mol. The molecule has 18 heavy (non-hydrogen) atoms. The molecule has 2 atom stereocenters. The summed E-state index contributed by atoms with van der Waals surface area (Å²) in [5, 5.41) is 23.5. The summed E-state index contributed by atoms with van der Waals surface area (Å²) in [6, 6.07) is 5.19. The summed E-state index contributed by atoms with van der Waals surface area (Å²) in [5.41, 5.74) is 1.65. The molecule has 1 rings (SSSR count). The lowest BCUT2D eigenvalue weighted by molar-refractivity contribution is -0.385. The second kappa shape index (κ2) is 6.47. The summed E-state index contributed by atoms with van der Waals surface area (Å²) in [6.07, 6.45) is 0.307. The zero-order valence-electron chi connectivity index (χ0n) is 11.0. The van der Waals surface area contributed by atoms with Crippen molar-refractivity contribution >= 4 is 5.69 Å². The molecule has 5 nitrogen and oxygen atoms in total. The summed E-state index contributed by atoms with van der Waals surface area (Å²) in [7, 11) is 0. The van der Waals surface area contributed by atoms with Gasteiger partial charge in [-0.2, -0.15) is 0 Å². The molecule has 0 aromatic heterocycles. The number of aliphatic hydroxyl groups excluding tert-OH is 1. The van der Waals surface area contributed by atoms with Crippen LogP contribution >= 0.6 is 0 Å². The van der Waals surface area contributed by atoms with Crippen LogP contribution in [0.2, 0.25) is 0 Å². The van der Waals surface area contributed by atoms with Crippen molar-refractivity contribution in [1.82, 2.24) is 5.32 Å². The Kier molecular flexibility index (Phi) is 5.25. The van der Waals surface area contributed by atoms with Crippen molar-refractivity contribution in [1.29, 1.82) is 0 Å². The van der Waals surface area contributed by atoms with E-state index in [1.807, 2.05) is 19.9 Å². The summed E-state index contributed by atoms with van der Waals surface area (Å²) < 4.78 is 0. The van der Waals surface area contributed by atoms with Gasteiger partial charge in [0.1, 0.15) is 0 Å². The molecule has 0 saturated carbocycles. The Bertz CT molecular complexity index is 421. The van der Waals surface area contributed by atoms with E-state index in [0.29, 0.717) is 18.5 Å². The summed E-state index contributed by atoms with van der Waals surface area (Å²) >= 11 is 0. The molecule has 100 valence electrons. The van der Waals surface area contributed by atoms with Crippen LogP contribution in [0.1, 0.15) is 37.4 Å². The molecule has 1 aromatic rings. The molecule has 0 aliphatic carbocycles. The summed E-state index contributed by atoms with van der Waals surface area (Å²) in [6.45, 7) is 6.05. The third-order valence-electron chi connectivity index (χ3n) is 3.06. The van der Waals surface area contributed by atoms with E-state index in [2.05, 4.69) is 5.32 Å². The minimum absolute atomic E-state index is 0.0227. The van der Waals surface area contributed by atoms with Gasteiger partial charge in [0.2, 0.25) is 0 Å². The number of nitro groups is 1. The van der Waals surface area contributed by atoms with Gasteiger partial charge in [-0.15, -0.1) is 0 Å². The quantitative estimate of drug-likeness (QED) is 0.602. The molecule has 0 amide bonds. The van der Waals surface area contributed by atoms with Crippen LogP contribution in [0, 0.1) is 17.0 Å². The van der Waals surface area contributed by atoms with Crippen LogP contribution in [0.4, 0.5) is 5.69 Å². The summed E-state index contributed by atoms with van der Waals surface area (Å²) in [5.74, 6) is 0. The highest BCUT2D eigenvalue weighted by Crippen LogP contribution is 2.23. The lowest BCUT2D eigenvalue weighted by Gasteiger charge is -2.16. The highest BCUT2D eigenvalue weighted by atomic mass is 16.6. The minimum atomic E-state index is -0.382. The minimum Gasteiger partial charge on any atom is -0.392 e. The first-order valence-electron chi connectivity index (χ1n) is 6.12. The lowest BCUT2D eigenvalue weighted by atomic mass is 10.0.